The van der Waals surface area contributed by atoms with E-state index in [1.54, 1.807) is 30.3 Å². The fourth-order valence-electron chi connectivity index (χ4n) is 0.840. The Bertz CT molecular complexity index is 258. The van der Waals surface area contributed by atoms with Crippen molar-refractivity contribution in [2.24, 2.45) is 0 Å². The number of ketones is 1. The molecule has 0 aromatic heterocycles. The number of carbonyl (C=O) groups excluding carboxylic acids is 1. The van der Waals surface area contributed by atoms with E-state index in [9.17, 15) is 9.18 Å². The zero-order valence-electron chi connectivity index (χ0n) is 6.66. The van der Waals surface area contributed by atoms with Crippen molar-refractivity contribution in [3.63, 3.8) is 0 Å². The van der Waals surface area contributed by atoms with Gasteiger partial charge in [-0.2, -0.15) is 0 Å². The molecule has 0 fully saturated rings. The number of halogens is 1. The van der Waals surface area contributed by atoms with Gasteiger partial charge in [0.05, 0.1) is 0 Å². The highest BCUT2D eigenvalue weighted by Gasteiger charge is 2.17. The average Bonchev–Trinajstić information content (AvgIpc) is 2.17. The number of ether oxygens (including phenoxy) is 1. The van der Waals surface area contributed by atoms with Crippen LogP contribution in [0.3, 0.4) is 0 Å². The number of Topliss-reactive ketones (excluding diaryl/α,β-unsaturated/α-hetero) is 1. The molecular weight excluding hydrogens is 158 g/mol. The van der Waals surface area contributed by atoms with Gasteiger partial charge in [-0.3, -0.25) is 4.79 Å². The third-order valence-electron chi connectivity index (χ3n) is 1.47. The Kier molecular flexibility index (Phi) is 2.94. The summed E-state index contributed by atoms with van der Waals surface area (Å²) in [5.74, 6) is -0.641. The van der Waals surface area contributed by atoms with E-state index >= 15 is 0 Å². The van der Waals surface area contributed by atoms with Gasteiger partial charge in [0.2, 0.25) is 5.78 Å². The zero-order valence-corrected chi connectivity index (χ0v) is 6.66. The van der Waals surface area contributed by atoms with E-state index in [0.29, 0.717) is 5.56 Å². The summed E-state index contributed by atoms with van der Waals surface area (Å²) < 4.78 is 16.9. The molecule has 0 saturated heterocycles. The number of benzene rings is 1. The van der Waals surface area contributed by atoms with Crippen LogP contribution < -0.4 is 0 Å². The number of hydrogen-bond donors (Lipinski definition) is 0. The molecule has 0 aliphatic rings. The van der Waals surface area contributed by atoms with E-state index in [1.165, 1.54) is 0 Å². The van der Waals surface area contributed by atoms with E-state index in [-0.39, 0.29) is 0 Å². The summed E-state index contributed by atoms with van der Waals surface area (Å²) in [6.07, 6.45) is -1.85. The van der Waals surface area contributed by atoms with Gasteiger partial charge in [-0.05, 0) is 0 Å². The van der Waals surface area contributed by atoms with Crippen LogP contribution in [0, 0.1) is 0 Å². The minimum atomic E-state index is -1.85. The molecule has 0 radical (unpaired) electrons. The number of hydrogen-bond acceptors (Lipinski definition) is 2. The van der Waals surface area contributed by atoms with Crippen molar-refractivity contribution in [2.45, 2.75) is 6.36 Å². The van der Waals surface area contributed by atoms with Gasteiger partial charge >= 0.3 is 0 Å². The quantitative estimate of drug-likeness (QED) is 0.642. The van der Waals surface area contributed by atoms with Gasteiger partial charge < -0.3 is 4.74 Å². The van der Waals surface area contributed by atoms with Crippen molar-refractivity contribution < 1.29 is 13.9 Å². The molecule has 0 heterocycles. The molecule has 1 aromatic rings. The largest absolute Gasteiger partial charge is 0.345 e. The van der Waals surface area contributed by atoms with Crippen LogP contribution in [0.1, 0.15) is 10.4 Å². The fourth-order valence-corrected chi connectivity index (χ4v) is 0.840. The summed E-state index contributed by atoms with van der Waals surface area (Å²) in [7, 11) is 1.16. The molecule has 3 heteroatoms. The Morgan fingerprint density at radius 3 is 2.50 bits per heavy atom. The average molecular weight is 167 g/mol. The molecule has 0 bridgehead atoms. The highest BCUT2D eigenvalue weighted by atomic mass is 18.2. The first kappa shape index (κ1) is 8.87. The zero-order chi connectivity index (χ0) is 8.97. The number of carbonyl (C=O) groups is 1. The normalized spacial score (nSPS) is 12.5. The van der Waals surface area contributed by atoms with Gasteiger partial charge in [-0.25, -0.2) is 4.39 Å². The Balaban J connectivity index is 2.79. The lowest BCUT2D eigenvalue weighted by Gasteiger charge is -2.03. The van der Waals surface area contributed by atoms with Gasteiger partial charge in [-0.15, -0.1) is 0 Å². The van der Waals surface area contributed by atoms with Gasteiger partial charge in [0.1, 0.15) is 0 Å². The molecule has 0 N–H and O–H groups in total. The second kappa shape index (κ2) is 3.97. The third-order valence-corrected chi connectivity index (χ3v) is 1.47. The van der Waals surface area contributed by atoms with Crippen molar-refractivity contribution in [3.8, 4) is 0 Å². The topological polar surface area (TPSA) is 26.3 Å². The standard InChI is InChI=1S/C9H9FO2/c1-12-9(10)8(11)7-5-3-2-4-6-7/h2-6,9H,1H3/t9-/m1/s1/i10-1. The monoisotopic (exact) mass is 167 g/mol. The van der Waals surface area contributed by atoms with Crippen molar-refractivity contribution in [1.82, 2.24) is 0 Å². The van der Waals surface area contributed by atoms with E-state index in [2.05, 4.69) is 4.74 Å². The van der Waals surface area contributed by atoms with E-state index in [1.807, 2.05) is 0 Å². The molecule has 2 nitrogen and oxygen atoms in total. The Labute approximate surface area is 70.0 Å². The molecule has 1 aromatic carbocycles. The second-order valence-electron chi connectivity index (χ2n) is 2.28. The number of alkyl halides is 1. The third kappa shape index (κ3) is 1.89. The summed E-state index contributed by atoms with van der Waals surface area (Å²) in [5.41, 5.74) is 0.326. The van der Waals surface area contributed by atoms with Crippen molar-refractivity contribution in [3.05, 3.63) is 35.9 Å². The molecule has 0 unspecified atom stereocenters. The van der Waals surface area contributed by atoms with Crippen LogP contribution in [0.25, 0.3) is 0 Å². The maximum Gasteiger partial charge on any atom is 0.262 e. The molecule has 0 aliphatic carbocycles. The van der Waals surface area contributed by atoms with Crippen LogP contribution in [0.2, 0.25) is 0 Å². The molecule has 1 atom stereocenters. The van der Waals surface area contributed by atoms with Gasteiger partial charge in [-0.1, -0.05) is 30.3 Å². The van der Waals surface area contributed by atoms with Crippen LogP contribution in [-0.4, -0.2) is 19.3 Å². The molecule has 0 spiro atoms. The molecule has 12 heavy (non-hydrogen) atoms. The summed E-state index contributed by atoms with van der Waals surface area (Å²) >= 11 is 0. The van der Waals surface area contributed by atoms with Crippen LogP contribution in [0.15, 0.2) is 30.3 Å². The maximum absolute atomic E-state index is 12.6. The summed E-state index contributed by atoms with van der Waals surface area (Å²) in [6, 6.07) is 8.21. The van der Waals surface area contributed by atoms with E-state index in [0.717, 1.165) is 7.11 Å². The van der Waals surface area contributed by atoms with Crippen LogP contribution >= 0.6 is 0 Å². The lowest BCUT2D eigenvalue weighted by Crippen LogP contribution is -2.17. The first-order valence-corrected chi connectivity index (χ1v) is 3.52. The summed E-state index contributed by atoms with van der Waals surface area (Å²) in [5, 5.41) is 0. The van der Waals surface area contributed by atoms with Crippen molar-refractivity contribution >= 4 is 5.78 Å². The highest BCUT2D eigenvalue weighted by molar-refractivity contribution is 5.98. The van der Waals surface area contributed by atoms with E-state index < -0.39 is 12.1 Å². The van der Waals surface area contributed by atoms with Gasteiger partial charge in [0.15, 0.2) is 0 Å². The lowest BCUT2D eigenvalue weighted by atomic mass is 10.1. The molecule has 0 aliphatic heterocycles. The fraction of sp³-hybridized carbons (Fsp3) is 0.222. The molecular formula is C9H9FO2. The predicted octanol–water partition coefficient (Wildman–Crippen LogP) is 1.81. The smallest absolute Gasteiger partial charge is 0.262 e. The van der Waals surface area contributed by atoms with Crippen LogP contribution in [0.4, 0.5) is 4.39 Å². The molecule has 1 rings (SSSR count). The Hall–Kier alpha value is -1.22. The van der Waals surface area contributed by atoms with Gasteiger partial charge in [0.25, 0.3) is 6.36 Å². The first-order valence-electron chi connectivity index (χ1n) is 3.52. The Morgan fingerprint density at radius 1 is 1.42 bits per heavy atom. The van der Waals surface area contributed by atoms with Crippen LogP contribution in [-0.2, 0) is 4.74 Å². The van der Waals surface area contributed by atoms with Gasteiger partial charge in [0, 0.05) is 12.7 Å². The van der Waals surface area contributed by atoms with Crippen LogP contribution in [0.5, 0.6) is 0 Å². The van der Waals surface area contributed by atoms with Crippen molar-refractivity contribution in [2.75, 3.05) is 7.11 Å². The van der Waals surface area contributed by atoms with E-state index in [4.69, 9.17) is 0 Å². The molecule has 64 valence electrons. The highest BCUT2D eigenvalue weighted by Crippen LogP contribution is 2.05. The first-order chi connectivity index (χ1) is 5.75. The minimum absolute atomic E-state index is 0.326. The molecule has 0 amide bonds. The predicted molar refractivity (Wildman–Crippen MR) is 42.7 cm³/mol. The SMILES string of the molecule is CO[C@@H]([18F])C(=O)c1ccccc1. The van der Waals surface area contributed by atoms with Crippen molar-refractivity contribution in [1.29, 1.82) is 0 Å². The summed E-state index contributed by atoms with van der Waals surface area (Å²) in [6.45, 7) is 0. The minimum Gasteiger partial charge on any atom is -0.345 e. The second-order valence-corrected chi connectivity index (χ2v) is 2.28. The molecule has 0 saturated carbocycles. The Morgan fingerprint density at radius 2 is 2.00 bits per heavy atom. The lowest BCUT2D eigenvalue weighted by molar-refractivity contribution is 0.00543. The number of methoxy groups -OCH3 is 1. The number of rotatable bonds is 3. The summed E-state index contributed by atoms with van der Waals surface area (Å²) in [4.78, 5) is 11.1. The maximum atomic E-state index is 12.6.